The van der Waals surface area contributed by atoms with Crippen LogP contribution in [-0.2, 0) is 11.2 Å². The molecule has 4 nitrogen and oxygen atoms in total. The van der Waals surface area contributed by atoms with Gasteiger partial charge >= 0.3 is 0 Å². The highest BCUT2D eigenvalue weighted by Crippen LogP contribution is 2.29. The number of amides is 1. The number of hydrogen-bond donors (Lipinski definition) is 2. The van der Waals surface area contributed by atoms with Crippen LogP contribution in [0.5, 0.6) is 0 Å². The van der Waals surface area contributed by atoms with Crippen molar-refractivity contribution >= 4 is 5.91 Å². The third-order valence-electron chi connectivity index (χ3n) is 5.93. The van der Waals surface area contributed by atoms with Gasteiger partial charge in [0.05, 0.1) is 23.7 Å². The molecule has 3 aromatic rings. The monoisotopic (exact) mass is 511 g/mol. The summed E-state index contributed by atoms with van der Waals surface area (Å²) in [6, 6.07) is 16.9. The molecule has 37 heavy (non-hydrogen) atoms. The van der Waals surface area contributed by atoms with E-state index in [1.54, 1.807) is 0 Å². The summed E-state index contributed by atoms with van der Waals surface area (Å²) in [7, 11) is 0. The van der Waals surface area contributed by atoms with Crippen LogP contribution >= 0.6 is 0 Å². The fourth-order valence-corrected chi connectivity index (χ4v) is 4.14. The lowest BCUT2D eigenvalue weighted by atomic mass is 9.97. The van der Waals surface area contributed by atoms with E-state index >= 15 is 0 Å². The summed E-state index contributed by atoms with van der Waals surface area (Å²) in [5.74, 6) is -2.06. The molecule has 0 bridgehead atoms. The molecule has 0 aliphatic heterocycles. The molecule has 0 heterocycles. The second kappa shape index (κ2) is 13.0. The number of nitrogens with one attached hydrogen (secondary N) is 2. The van der Waals surface area contributed by atoms with Crippen LogP contribution in [0.1, 0.15) is 37.4 Å². The van der Waals surface area contributed by atoms with E-state index in [-0.39, 0.29) is 35.4 Å². The molecule has 0 spiro atoms. The zero-order valence-corrected chi connectivity index (χ0v) is 20.6. The van der Waals surface area contributed by atoms with Crippen LogP contribution in [0.3, 0.4) is 0 Å². The lowest BCUT2D eigenvalue weighted by Gasteiger charge is -2.27. The maximum Gasteiger partial charge on any atom is 0.257 e. The van der Waals surface area contributed by atoms with Crippen LogP contribution in [0.15, 0.2) is 72.8 Å². The van der Waals surface area contributed by atoms with Crippen LogP contribution in [0.4, 0.5) is 17.6 Å². The Morgan fingerprint density at radius 1 is 0.919 bits per heavy atom. The van der Waals surface area contributed by atoms with Crippen molar-refractivity contribution in [3.05, 3.63) is 95.6 Å². The van der Waals surface area contributed by atoms with Crippen molar-refractivity contribution in [2.75, 3.05) is 0 Å². The minimum absolute atomic E-state index is 0.00244. The first-order chi connectivity index (χ1) is 17.7. The van der Waals surface area contributed by atoms with Crippen molar-refractivity contribution < 1.29 is 22.4 Å². The molecule has 3 aromatic carbocycles. The van der Waals surface area contributed by atoms with Gasteiger partial charge in [0.15, 0.2) is 0 Å². The predicted octanol–water partition coefficient (Wildman–Crippen LogP) is 6.19. The third-order valence-corrected chi connectivity index (χ3v) is 5.93. The fourth-order valence-electron chi connectivity index (χ4n) is 4.14. The van der Waals surface area contributed by atoms with Gasteiger partial charge in [0, 0.05) is 6.42 Å². The Bertz CT molecular complexity index is 1190. The van der Waals surface area contributed by atoms with Gasteiger partial charge in [0.1, 0.15) is 17.7 Å². The molecule has 0 aliphatic carbocycles. The lowest BCUT2D eigenvalue weighted by Crippen LogP contribution is -2.50. The van der Waals surface area contributed by atoms with Crippen LogP contribution in [0.2, 0.25) is 0 Å². The van der Waals surface area contributed by atoms with Crippen molar-refractivity contribution in [2.24, 2.45) is 5.92 Å². The summed E-state index contributed by atoms with van der Waals surface area (Å²) < 4.78 is 56.6. The first kappa shape index (κ1) is 27.9. The van der Waals surface area contributed by atoms with E-state index in [1.807, 2.05) is 44.2 Å². The number of carbonyl (C=O) groups excluding carboxylic acids is 1. The summed E-state index contributed by atoms with van der Waals surface area (Å²) >= 11 is 0. The van der Waals surface area contributed by atoms with Crippen LogP contribution in [0.25, 0.3) is 11.1 Å². The van der Waals surface area contributed by atoms with E-state index < -0.39 is 42.1 Å². The highest BCUT2D eigenvalue weighted by Gasteiger charge is 2.30. The Kier molecular flexibility index (Phi) is 9.81. The highest BCUT2D eigenvalue weighted by atomic mass is 19.3. The van der Waals surface area contributed by atoms with E-state index in [4.69, 9.17) is 0 Å². The predicted molar refractivity (Wildman–Crippen MR) is 135 cm³/mol. The number of hydrogen-bond acceptors (Lipinski definition) is 3. The molecule has 8 heteroatoms. The zero-order valence-electron chi connectivity index (χ0n) is 20.6. The molecular formula is C29H29F4N3O. The quantitative estimate of drug-likeness (QED) is 0.302. The second-order valence-electron chi connectivity index (χ2n) is 9.26. The molecule has 3 atom stereocenters. The van der Waals surface area contributed by atoms with Gasteiger partial charge in [-0.1, -0.05) is 74.5 Å². The summed E-state index contributed by atoms with van der Waals surface area (Å²) in [4.78, 5) is 13.1. The molecule has 194 valence electrons. The molecule has 0 fully saturated rings. The van der Waals surface area contributed by atoms with Gasteiger partial charge in [0.2, 0.25) is 5.91 Å². The minimum atomic E-state index is -2.87. The smallest absolute Gasteiger partial charge is 0.257 e. The average Bonchev–Trinajstić information content (AvgIpc) is 2.86. The van der Waals surface area contributed by atoms with Gasteiger partial charge in [0.25, 0.3) is 6.43 Å². The van der Waals surface area contributed by atoms with Gasteiger partial charge in [-0.05, 0) is 41.2 Å². The highest BCUT2D eigenvalue weighted by molar-refractivity contribution is 5.82. The van der Waals surface area contributed by atoms with E-state index in [2.05, 4.69) is 16.7 Å². The van der Waals surface area contributed by atoms with Gasteiger partial charge in [-0.15, -0.1) is 0 Å². The third kappa shape index (κ3) is 7.64. The van der Waals surface area contributed by atoms with Gasteiger partial charge in [-0.2, -0.15) is 5.26 Å². The van der Waals surface area contributed by atoms with Crippen molar-refractivity contribution in [3.63, 3.8) is 0 Å². The molecule has 0 radical (unpaired) electrons. The summed E-state index contributed by atoms with van der Waals surface area (Å²) in [5, 5.41) is 15.0. The molecular weight excluding hydrogens is 482 g/mol. The molecule has 1 amide bonds. The Balaban J connectivity index is 1.79. The number of halogens is 4. The van der Waals surface area contributed by atoms with E-state index in [0.29, 0.717) is 0 Å². The number of rotatable bonds is 11. The fraction of sp³-hybridized carbons (Fsp3) is 0.310. The van der Waals surface area contributed by atoms with E-state index in [1.165, 1.54) is 30.3 Å². The Labute approximate surface area is 214 Å². The van der Waals surface area contributed by atoms with Gasteiger partial charge in [-0.3, -0.25) is 10.1 Å². The number of carbonyl (C=O) groups is 1. The topological polar surface area (TPSA) is 64.9 Å². The molecule has 0 saturated carbocycles. The first-order valence-corrected chi connectivity index (χ1v) is 12.0. The van der Waals surface area contributed by atoms with Crippen molar-refractivity contribution in [3.8, 4) is 17.2 Å². The van der Waals surface area contributed by atoms with E-state index in [9.17, 15) is 27.6 Å². The summed E-state index contributed by atoms with van der Waals surface area (Å²) in [6.45, 7) is 3.73. The standard InChI is InChI=1S/C29H29F4N3O/c1-18(2)15-25(29(37)35-22(17-34)16-19-7-4-3-5-8-19)36-27(28(32)33)21-13-11-20(12-14-21)26-23(30)9-6-10-24(26)31/h3-14,18,22,25,27-28,36H,15-16H2,1-2H3,(H,35,37)/t22-,25-,27-/m0/s1. The molecule has 0 aliphatic rings. The average molecular weight is 512 g/mol. The van der Waals surface area contributed by atoms with Crippen molar-refractivity contribution in [2.45, 2.75) is 51.2 Å². The van der Waals surface area contributed by atoms with Crippen LogP contribution in [-0.4, -0.2) is 24.4 Å². The normalized spacial score (nSPS) is 13.7. The van der Waals surface area contributed by atoms with Gasteiger partial charge in [-0.25, -0.2) is 17.6 Å². The Hall–Kier alpha value is -3.70. The number of nitrogens with zero attached hydrogens (tertiary/aromatic N) is 1. The molecule has 2 N–H and O–H groups in total. The number of benzene rings is 3. The maximum absolute atomic E-state index is 14.1. The molecule has 0 aromatic heterocycles. The van der Waals surface area contributed by atoms with Crippen molar-refractivity contribution in [1.29, 1.82) is 5.26 Å². The van der Waals surface area contributed by atoms with Crippen molar-refractivity contribution in [1.82, 2.24) is 10.6 Å². The number of alkyl halides is 2. The lowest BCUT2D eigenvalue weighted by molar-refractivity contribution is -0.124. The SMILES string of the molecule is CC(C)C[C@H](N[C@@H](c1ccc(-c2c(F)cccc2F)cc1)C(F)F)C(=O)N[C@H](C#N)Cc1ccccc1. The first-order valence-electron chi connectivity index (χ1n) is 12.0. The summed E-state index contributed by atoms with van der Waals surface area (Å²) in [6.07, 6.45) is -2.32. The molecule has 0 unspecified atom stereocenters. The Morgan fingerprint density at radius 3 is 2.08 bits per heavy atom. The molecule has 0 saturated heterocycles. The second-order valence-corrected chi connectivity index (χ2v) is 9.26. The maximum atomic E-state index is 14.1. The van der Waals surface area contributed by atoms with Crippen LogP contribution < -0.4 is 10.6 Å². The Morgan fingerprint density at radius 2 is 1.54 bits per heavy atom. The van der Waals surface area contributed by atoms with Gasteiger partial charge < -0.3 is 5.32 Å². The van der Waals surface area contributed by atoms with Crippen LogP contribution in [0, 0.1) is 28.9 Å². The zero-order chi connectivity index (χ0) is 26.9. The number of nitriles is 1. The largest absolute Gasteiger partial charge is 0.339 e. The van der Waals surface area contributed by atoms with E-state index in [0.717, 1.165) is 17.7 Å². The summed E-state index contributed by atoms with van der Waals surface area (Å²) in [5.41, 5.74) is 0.993. The molecule has 3 rings (SSSR count). The minimum Gasteiger partial charge on any atom is -0.339 e.